The third kappa shape index (κ3) is 3.43. The normalized spacial score (nSPS) is 28.7. The van der Waals surface area contributed by atoms with Crippen molar-refractivity contribution in [1.29, 1.82) is 0 Å². The van der Waals surface area contributed by atoms with Crippen LogP contribution in [0.3, 0.4) is 0 Å². The second-order valence-corrected chi connectivity index (χ2v) is 9.39. The van der Waals surface area contributed by atoms with E-state index < -0.39 is 64.1 Å². The lowest BCUT2D eigenvalue weighted by atomic mass is 9.57. The fraction of sp³-hybridized carbons (Fsp3) is 0.400. The number of carbonyl (C=O) groups is 3. The van der Waals surface area contributed by atoms with E-state index in [1.807, 2.05) is 0 Å². The maximum atomic E-state index is 13.7. The van der Waals surface area contributed by atoms with Crippen LogP contribution in [-0.4, -0.2) is 79.7 Å². The molecular weight excluding hydrogens is 456 g/mol. The van der Waals surface area contributed by atoms with Crippen LogP contribution in [0.5, 0.6) is 5.75 Å². The number of hydrogen-bond donors (Lipinski definition) is 6. The molecule has 1 aromatic rings. The number of phenols is 1. The molecule has 1 unspecified atom stereocenters. The van der Waals surface area contributed by atoms with Crippen molar-refractivity contribution in [1.82, 2.24) is 4.90 Å². The minimum Gasteiger partial charge on any atom is -0.508 e. The standard InChI is InChI=1S/C25H26N2O8/c1-10(28)4-5-11-6-7-15(29)17-13(11)8-12-9-14-19(27(2)3)21(31)18(24(26)34)23(33)25(14,35)22(32)16(12)20(17)30/h6-7,10,12,14,19,28-30,33,35H,8-9H2,1-3H3,(H2,26,34)/t10?,12-,14-,19-,25-/m0/s1. The summed E-state index contributed by atoms with van der Waals surface area (Å²) in [6.07, 6.45) is -0.797. The molecule has 1 saturated carbocycles. The number of carbonyl (C=O) groups excluding carboxylic acids is 3. The third-order valence-electron chi connectivity index (χ3n) is 7.02. The summed E-state index contributed by atoms with van der Waals surface area (Å²) in [7, 11) is 3.07. The Labute approximate surface area is 201 Å². The van der Waals surface area contributed by atoms with Crippen LogP contribution in [0, 0.1) is 23.7 Å². The van der Waals surface area contributed by atoms with Gasteiger partial charge in [-0.1, -0.05) is 11.8 Å². The zero-order chi connectivity index (χ0) is 26.0. The van der Waals surface area contributed by atoms with Gasteiger partial charge in [0.1, 0.15) is 28.9 Å². The Balaban J connectivity index is 1.97. The Morgan fingerprint density at radius 3 is 2.46 bits per heavy atom. The molecule has 184 valence electrons. The summed E-state index contributed by atoms with van der Waals surface area (Å²) in [6.45, 7) is 1.48. The van der Waals surface area contributed by atoms with E-state index in [1.165, 1.54) is 38.1 Å². The predicted molar refractivity (Wildman–Crippen MR) is 123 cm³/mol. The number of ketones is 2. The molecular formula is C25H26N2O8. The highest BCUT2D eigenvalue weighted by atomic mass is 16.3. The molecule has 0 spiro atoms. The number of nitrogens with two attached hydrogens (primary N) is 1. The monoisotopic (exact) mass is 482 g/mol. The highest BCUT2D eigenvalue weighted by Crippen LogP contribution is 2.52. The van der Waals surface area contributed by atoms with E-state index in [0.717, 1.165) is 0 Å². The van der Waals surface area contributed by atoms with Crippen molar-refractivity contribution < 1.29 is 39.9 Å². The van der Waals surface area contributed by atoms with Crippen molar-refractivity contribution in [3.8, 4) is 17.6 Å². The van der Waals surface area contributed by atoms with Gasteiger partial charge < -0.3 is 31.3 Å². The number of primary amides is 1. The number of rotatable bonds is 2. The first-order valence-electron chi connectivity index (χ1n) is 11.0. The zero-order valence-electron chi connectivity index (χ0n) is 19.4. The molecule has 3 aliphatic carbocycles. The number of amides is 1. The van der Waals surface area contributed by atoms with Crippen molar-refractivity contribution in [2.45, 2.75) is 37.5 Å². The van der Waals surface area contributed by atoms with Gasteiger partial charge in [-0.15, -0.1) is 0 Å². The molecule has 0 heterocycles. The topological polar surface area (TPSA) is 182 Å². The van der Waals surface area contributed by atoms with Gasteiger partial charge in [-0.25, -0.2) is 0 Å². The Hall–Kier alpha value is -3.65. The number of phenolic OH excluding ortho intramolecular Hbond substituents is 1. The van der Waals surface area contributed by atoms with E-state index in [9.17, 15) is 39.9 Å². The van der Waals surface area contributed by atoms with Crippen LogP contribution >= 0.6 is 0 Å². The van der Waals surface area contributed by atoms with E-state index in [2.05, 4.69) is 11.8 Å². The molecule has 1 aromatic carbocycles. The van der Waals surface area contributed by atoms with Crippen LogP contribution in [-0.2, 0) is 20.8 Å². The van der Waals surface area contributed by atoms with Crippen LogP contribution in [0.15, 0.2) is 29.0 Å². The number of nitrogens with zero attached hydrogens (tertiary/aromatic N) is 1. The average molecular weight is 482 g/mol. The summed E-state index contributed by atoms with van der Waals surface area (Å²) in [5, 5.41) is 53.5. The molecule has 1 amide bonds. The summed E-state index contributed by atoms with van der Waals surface area (Å²) in [5.74, 6) is -1.62. The number of Topliss-reactive ketones (excluding diaryl/α,β-unsaturated/α-hetero) is 2. The lowest BCUT2D eigenvalue weighted by molar-refractivity contribution is -0.153. The molecule has 4 rings (SSSR count). The minimum absolute atomic E-state index is 0.00924. The molecule has 0 aliphatic heterocycles. The smallest absolute Gasteiger partial charge is 0.255 e. The zero-order valence-corrected chi connectivity index (χ0v) is 19.4. The second kappa shape index (κ2) is 8.23. The van der Waals surface area contributed by atoms with Gasteiger partial charge in [0.05, 0.1) is 11.6 Å². The Morgan fingerprint density at radius 1 is 1.23 bits per heavy atom. The van der Waals surface area contributed by atoms with Crippen LogP contribution in [0.1, 0.15) is 30.0 Å². The maximum Gasteiger partial charge on any atom is 0.255 e. The SMILES string of the molecule is CC(O)C#Cc1ccc(O)c2c1C[C@H]1C[C@H]3[C@H](N(C)C)C(=O)C(C(N)=O)=C(O)[C@@]3(O)C(=O)C1=C2O. The summed E-state index contributed by atoms with van der Waals surface area (Å²) in [6, 6.07) is 1.67. The molecule has 5 atom stereocenters. The first-order valence-corrected chi connectivity index (χ1v) is 11.0. The first-order chi connectivity index (χ1) is 16.3. The number of benzene rings is 1. The molecule has 10 heteroatoms. The van der Waals surface area contributed by atoms with E-state index in [1.54, 1.807) is 0 Å². The Bertz CT molecular complexity index is 1300. The minimum atomic E-state index is -2.68. The molecule has 10 nitrogen and oxygen atoms in total. The van der Waals surface area contributed by atoms with Gasteiger partial charge in [0, 0.05) is 17.1 Å². The lowest BCUT2D eigenvalue weighted by Gasteiger charge is -2.50. The third-order valence-corrected chi connectivity index (χ3v) is 7.02. The van der Waals surface area contributed by atoms with Crippen LogP contribution < -0.4 is 5.73 Å². The van der Waals surface area contributed by atoms with Gasteiger partial charge in [-0.3, -0.25) is 19.3 Å². The summed E-state index contributed by atoms with van der Waals surface area (Å²) in [4.78, 5) is 40.2. The molecule has 0 bridgehead atoms. The summed E-state index contributed by atoms with van der Waals surface area (Å²) in [5.41, 5.74) is 2.38. The first kappa shape index (κ1) is 24.5. The molecule has 0 radical (unpaired) electrons. The molecule has 0 aromatic heterocycles. The highest BCUT2D eigenvalue weighted by molar-refractivity contribution is 6.24. The van der Waals surface area contributed by atoms with E-state index >= 15 is 0 Å². The molecule has 1 fully saturated rings. The number of likely N-dealkylation sites (N-methyl/N-ethyl adjacent to an activating group) is 1. The van der Waals surface area contributed by atoms with Gasteiger partial charge in [0.25, 0.3) is 5.91 Å². The van der Waals surface area contributed by atoms with Gasteiger partial charge >= 0.3 is 0 Å². The molecule has 3 aliphatic rings. The number of hydrogen-bond acceptors (Lipinski definition) is 9. The quantitative estimate of drug-likeness (QED) is 0.243. The van der Waals surface area contributed by atoms with E-state index in [0.29, 0.717) is 11.1 Å². The van der Waals surface area contributed by atoms with Crippen molar-refractivity contribution >= 4 is 23.2 Å². The molecule has 0 saturated heterocycles. The fourth-order valence-electron chi connectivity index (χ4n) is 5.54. The predicted octanol–water partition coefficient (Wildman–Crippen LogP) is -0.304. The fourth-order valence-corrected chi connectivity index (χ4v) is 5.54. The van der Waals surface area contributed by atoms with Crippen molar-refractivity contribution in [2.75, 3.05) is 14.1 Å². The van der Waals surface area contributed by atoms with E-state index in [-0.39, 0.29) is 29.7 Å². The van der Waals surface area contributed by atoms with Crippen molar-refractivity contribution in [3.05, 3.63) is 45.7 Å². The Kier molecular flexibility index (Phi) is 5.76. The maximum absolute atomic E-state index is 13.7. The van der Waals surface area contributed by atoms with Crippen LogP contribution in [0.2, 0.25) is 0 Å². The van der Waals surface area contributed by atoms with Gasteiger partial charge in [0.15, 0.2) is 11.4 Å². The number of fused-ring (bicyclic) bond motifs is 3. The van der Waals surface area contributed by atoms with Crippen LogP contribution in [0.25, 0.3) is 5.76 Å². The average Bonchev–Trinajstić information content (AvgIpc) is 2.75. The van der Waals surface area contributed by atoms with Crippen LogP contribution in [0.4, 0.5) is 0 Å². The van der Waals surface area contributed by atoms with E-state index in [4.69, 9.17) is 5.73 Å². The van der Waals surface area contributed by atoms with Gasteiger partial charge in [-0.05, 0) is 57.5 Å². The largest absolute Gasteiger partial charge is 0.508 e. The van der Waals surface area contributed by atoms with Crippen molar-refractivity contribution in [3.63, 3.8) is 0 Å². The molecule has 35 heavy (non-hydrogen) atoms. The number of aliphatic hydroxyl groups excluding tert-OH is 3. The second-order valence-electron chi connectivity index (χ2n) is 9.39. The van der Waals surface area contributed by atoms with Gasteiger partial charge in [-0.2, -0.15) is 0 Å². The highest BCUT2D eigenvalue weighted by Gasteiger charge is 2.64. The summed E-state index contributed by atoms with van der Waals surface area (Å²) >= 11 is 0. The van der Waals surface area contributed by atoms with Gasteiger partial charge in [0.2, 0.25) is 5.78 Å². The number of aliphatic hydroxyl groups is 4. The Morgan fingerprint density at radius 2 is 1.89 bits per heavy atom. The summed E-state index contributed by atoms with van der Waals surface area (Å²) < 4.78 is 0. The number of aromatic hydroxyl groups is 1. The lowest BCUT2D eigenvalue weighted by Crippen LogP contribution is -2.65. The molecule has 7 N–H and O–H groups in total. The van der Waals surface area contributed by atoms with Crippen molar-refractivity contribution in [2.24, 2.45) is 17.6 Å².